The molecule has 0 amide bonds. The molecule has 0 aliphatic rings. The summed E-state index contributed by atoms with van der Waals surface area (Å²) in [6, 6.07) is 0. The Morgan fingerprint density at radius 3 is 2.70 bits per heavy atom. The highest BCUT2D eigenvalue weighted by molar-refractivity contribution is 5.72. The van der Waals surface area contributed by atoms with Crippen LogP contribution in [-0.4, -0.2) is 30.6 Å². The number of ether oxygens (including phenoxy) is 1. The number of hydrogen-bond donors (Lipinski definition) is 1. The molecule has 0 heterocycles. The zero-order chi connectivity index (χ0) is 7.98. The van der Waals surface area contributed by atoms with Crippen molar-refractivity contribution in [3.63, 3.8) is 0 Å². The van der Waals surface area contributed by atoms with E-state index in [1.165, 1.54) is 7.11 Å². The predicted molar refractivity (Wildman–Crippen MR) is 33.7 cm³/mol. The summed E-state index contributed by atoms with van der Waals surface area (Å²) in [5.41, 5.74) is 0. The number of carboxylic acid groups (broad SMARTS) is 1. The summed E-state index contributed by atoms with van der Waals surface area (Å²) in [7, 11) is 1.31. The minimum Gasteiger partial charge on any atom is -0.479 e. The molecule has 0 rings (SSSR count). The van der Waals surface area contributed by atoms with Crippen LogP contribution in [0.5, 0.6) is 0 Å². The average Bonchev–Trinajstić information content (AvgIpc) is 1.89. The molecule has 0 saturated carbocycles. The Balaban J connectivity index is 3.60. The lowest BCUT2D eigenvalue weighted by Gasteiger charge is -2.06. The first-order valence-electron chi connectivity index (χ1n) is 2.91. The molecule has 4 heteroatoms. The quantitative estimate of drug-likeness (QED) is 0.557. The predicted octanol–water partition coefficient (Wildman–Crippen LogP) is 0.0651. The minimum absolute atomic E-state index is 0.227. The van der Waals surface area contributed by atoms with Crippen molar-refractivity contribution in [2.45, 2.75) is 18.9 Å². The van der Waals surface area contributed by atoms with E-state index in [0.717, 1.165) is 0 Å². The summed E-state index contributed by atoms with van der Waals surface area (Å²) in [4.78, 5) is 20.0. The molecule has 1 unspecified atom stereocenters. The van der Waals surface area contributed by atoms with Crippen LogP contribution in [0.25, 0.3) is 0 Å². The van der Waals surface area contributed by atoms with Gasteiger partial charge in [0.2, 0.25) is 0 Å². The van der Waals surface area contributed by atoms with Crippen molar-refractivity contribution in [2.75, 3.05) is 7.11 Å². The summed E-state index contributed by atoms with van der Waals surface area (Å²) >= 11 is 0. The third-order valence-corrected chi connectivity index (χ3v) is 1.11. The van der Waals surface area contributed by atoms with Crippen LogP contribution in [0.4, 0.5) is 0 Å². The molecular formula is C6H10O4. The van der Waals surface area contributed by atoms with Crippen molar-refractivity contribution >= 4 is 12.3 Å². The summed E-state index contributed by atoms with van der Waals surface area (Å²) in [6.45, 7) is 0. The van der Waals surface area contributed by atoms with Gasteiger partial charge in [-0.25, -0.2) is 4.79 Å². The molecule has 10 heavy (non-hydrogen) atoms. The van der Waals surface area contributed by atoms with E-state index in [1.54, 1.807) is 0 Å². The van der Waals surface area contributed by atoms with Crippen LogP contribution in [0.1, 0.15) is 12.8 Å². The summed E-state index contributed by atoms with van der Waals surface area (Å²) in [6.07, 6.45) is 0.306. The second-order valence-corrected chi connectivity index (χ2v) is 1.81. The van der Waals surface area contributed by atoms with Gasteiger partial charge in [0.1, 0.15) is 6.29 Å². The van der Waals surface area contributed by atoms with E-state index < -0.39 is 12.1 Å². The standard InChI is InChI=1S/C6H10O4/c1-10-5(6(8)9)3-2-4-7/h4-5H,2-3H2,1H3,(H,8,9). The van der Waals surface area contributed by atoms with Gasteiger partial charge in [0.25, 0.3) is 0 Å². The van der Waals surface area contributed by atoms with E-state index in [1.807, 2.05) is 0 Å². The van der Waals surface area contributed by atoms with Crippen molar-refractivity contribution in [3.8, 4) is 0 Å². The first-order chi connectivity index (χ1) is 4.72. The number of hydrogen-bond acceptors (Lipinski definition) is 3. The maximum absolute atomic E-state index is 10.2. The lowest BCUT2D eigenvalue weighted by Crippen LogP contribution is -2.22. The van der Waals surface area contributed by atoms with Crippen LogP contribution >= 0.6 is 0 Å². The minimum atomic E-state index is -1.02. The Kier molecular flexibility index (Phi) is 4.49. The monoisotopic (exact) mass is 146 g/mol. The van der Waals surface area contributed by atoms with Crippen LogP contribution in [-0.2, 0) is 14.3 Å². The van der Waals surface area contributed by atoms with Gasteiger partial charge < -0.3 is 14.6 Å². The number of carbonyl (C=O) groups is 2. The van der Waals surface area contributed by atoms with Crippen LogP contribution in [0.15, 0.2) is 0 Å². The molecule has 0 aromatic rings. The van der Waals surface area contributed by atoms with Crippen LogP contribution in [0.2, 0.25) is 0 Å². The van der Waals surface area contributed by atoms with Crippen molar-refractivity contribution in [1.29, 1.82) is 0 Å². The highest BCUT2D eigenvalue weighted by Crippen LogP contribution is 1.98. The Hall–Kier alpha value is -0.900. The van der Waals surface area contributed by atoms with Crippen molar-refractivity contribution in [2.24, 2.45) is 0 Å². The molecule has 0 saturated heterocycles. The van der Waals surface area contributed by atoms with Crippen LogP contribution in [0, 0.1) is 0 Å². The Morgan fingerprint density at radius 1 is 1.80 bits per heavy atom. The SMILES string of the molecule is COC(CCC=O)C(=O)O. The number of aliphatic carboxylic acids is 1. The smallest absolute Gasteiger partial charge is 0.332 e. The summed E-state index contributed by atoms with van der Waals surface area (Å²) in [5.74, 6) is -1.02. The summed E-state index contributed by atoms with van der Waals surface area (Å²) < 4.78 is 4.56. The van der Waals surface area contributed by atoms with Gasteiger partial charge in [-0.15, -0.1) is 0 Å². The average molecular weight is 146 g/mol. The highest BCUT2D eigenvalue weighted by Gasteiger charge is 2.14. The van der Waals surface area contributed by atoms with Gasteiger partial charge in [0.05, 0.1) is 0 Å². The summed E-state index contributed by atoms with van der Waals surface area (Å²) in [5, 5.41) is 8.36. The van der Waals surface area contributed by atoms with Gasteiger partial charge in [-0.1, -0.05) is 0 Å². The van der Waals surface area contributed by atoms with Crippen LogP contribution < -0.4 is 0 Å². The van der Waals surface area contributed by atoms with Gasteiger partial charge in [0, 0.05) is 13.5 Å². The maximum atomic E-state index is 10.2. The molecule has 4 nitrogen and oxygen atoms in total. The topological polar surface area (TPSA) is 63.6 Å². The first-order valence-corrected chi connectivity index (χ1v) is 2.91. The largest absolute Gasteiger partial charge is 0.479 e. The Labute approximate surface area is 58.8 Å². The highest BCUT2D eigenvalue weighted by atomic mass is 16.5. The fourth-order valence-corrected chi connectivity index (χ4v) is 0.562. The number of rotatable bonds is 5. The molecule has 0 radical (unpaired) electrons. The van der Waals surface area contributed by atoms with Crippen molar-refractivity contribution in [3.05, 3.63) is 0 Å². The fraction of sp³-hybridized carbons (Fsp3) is 0.667. The molecule has 1 atom stereocenters. The van der Waals surface area contributed by atoms with E-state index >= 15 is 0 Å². The zero-order valence-electron chi connectivity index (χ0n) is 5.74. The van der Waals surface area contributed by atoms with E-state index in [9.17, 15) is 9.59 Å². The van der Waals surface area contributed by atoms with Gasteiger partial charge in [0.15, 0.2) is 6.10 Å². The molecular weight excluding hydrogens is 136 g/mol. The number of aldehydes is 1. The second kappa shape index (κ2) is 4.93. The van der Waals surface area contributed by atoms with E-state index in [-0.39, 0.29) is 12.8 Å². The second-order valence-electron chi connectivity index (χ2n) is 1.81. The number of carbonyl (C=O) groups excluding carboxylic acids is 1. The molecule has 0 spiro atoms. The lowest BCUT2D eigenvalue weighted by molar-refractivity contribution is -0.148. The molecule has 0 bridgehead atoms. The Bertz CT molecular complexity index is 121. The zero-order valence-corrected chi connectivity index (χ0v) is 5.74. The third-order valence-electron chi connectivity index (χ3n) is 1.11. The lowest BCUT2D eigenvalue weighted by atomic mass is 10.2. The van der Waals surface area contributed by atoms with E-state index in [4.69, 9.17) is 5.11 Å². The van der Waals surface area contributed by atoms with Crippen molar-refractivity contribution < 1.29 is 19.4 Å². The maximum Gasteiger partial charge on any atom is 0.332 e. The van der Waals surface area contributed by atoms with Gasteiger partial charge in [-0.05, 0) is 6.42 Å². The normalized spacial score (nSPS) is 12.5. The Morgan fingerprint density at radius 2 is 2.40 bits per heavy atom. The molecule has 0 aliphatic carbocycles. The van der Waals surface area contributed by atoms with Gasteiger partial charge in [-0.2, -0.15) is 0 Å². The fourth-order valence-electron chi connectivity index (χ4n) is 0.562. The number of methoxy groups -OCH3 is 1. The van der Waals surface area contributed by atoms with Crippen molar-refractivity contribution in [1.82, 2.24) is 0 Å². The van der Waals surface area contributed by atoms with Crippen LogP contribution in [0.3, 0.4) is 0 Å². The molecule has 0 aromatic carbocycles. The third kappa shape index (κ3) is 3.19. The van der Waals surface area contributed by atoms with E-state index in [0.29, 0.717) is 6.29 Å². The molecule has 0 aliphatic heterocycles. The molecule has 0 fully saturated rings. The molecule has 58 valence electrons. The van der Waals surface area contributed by atoms with E-state index in [2.05, 4.69) is 4.74 Å². The molecule has 0 aromatic heterocycles. The molecule has 1 N–H and O–H groups in total. The first kappa shape index (κ1) is 9.10. The number of carboxylic acids is 1. The van der Waals surface area contributed by atoms with Gasteiger partial charge in [-0.3, -0.25) is 0 Å². The van der Waals surface area contributed by atoms with Gasteiger partial charge >= 0.3 is 5.97 Å².